The molecule has 0 amide bonds. The van der Waals surface area contributed by atoms with Crippen LogP contribution < -0.4 is 14.8 Å². The average molecular weight is 218 g/mol. The number of hydrogen-bond donors (Lipinski definition) is 1. The van der Waals surface area contributed by atoms with Crippen LogP contribution in [0.5, 0.6) is 11.5 Å². The van der Waals surface area contributed by atoms with Gasteiger partial charge in [0.05, 0.1) is 12.7 Å². The van der Waals surface area contributed by atoms with Crippen LogP contribution in [0.1, 0.15) is 12.0 Å². The van der Waals surface area contributed by atoms with Crippen LogP contribution >= 0.6 is 0 Å². The molecule has 1 aliphatic heterocycles. The third-order valence-corrected chi connectivity index (χ3v) is 2.62. The lowest BCUT2D eigenvalue weighted by Crippen LogP contribution is -2.20. The molecular weight excluding hydrogens is 204 g/mol. The number of nitriles is 1. The summed E-state index contributed by atoms with van der Waals surface area (Å²) in [4.78, 5) is 0. The molecule has 84 valence electrons. The number of nitrogens with zero attached hydrogens (tertiary/aromatic N) is 1. The van der Waals surface area contributed by atoms with E-state index in [-0.39, 0.29) is 6.10 Å². The van der Waals surface area contributed by atoms with Crippen LogP contribution in [0.2, 0.25) is 0 Å². The van der Waals surface area contributed by atoms with Crippen LogP contribution in [0.15, 0.2) is 18.2 Å². The summed E-state index contributed by atoms with van der Waals surface area (Å²) in [7, 11) is 1.60. The van der Waals surface area contributed by atoms with Crippen molar-refractivity contribution >= 4 is 0 Å². The largest absolute Gasteiger partial charge is 0.497 e. The van der Waals surface area contributed by atoms with Gasteiger partial charge in [0.15, 0.2) is 0 Å². The predicted octanol–water partition coefficient (Wildman–Crippen LogP) is 1.31. The van der Waals surface area contributed by atoms with Gasteiger partial charge in [-0.15, -0.1) is 0 Å². The zero-order valence-corrected chi connectivity index (χ0v) is 9.19. The number of ether oxygens (including phenoxy) is 2. The van der Waals surface area contributed by atoms with Gasteiger partial charge in [-0.25, -0.2) is 0 Å². The maximum atomic E-state index is 8.97. The van der Waals surface area contributed by atoms with E-state index in [1.54, 1.807) is 25.3 Å². The molecule has 1 aliphatic rings. The number of benzene rings is 1. The maximum absolute atomic E-state index is 8.97. The molecule has 0 radical (unpaired) electrons. The molecule has 1 N–H and O–H groups in total. The minimum atomic E-state index is 0.152. The molecule has 1 atom stereocenters. The SMILES string of the molecule is COc1ccc(C#N)c(OC2CCNC2)c1. The van der Waals surface area contributed by atoms with Crippen molar-refractivity contribution in [2.24, 2.45) is 0 Å². The molecule has 0 spiro atoms. The van der Waals surface area contributed by atoms with Gasteiger partial charge >= 0.3 is 0 Å². The van der Waals surface area contributed by atoms with Gasteiger partial charge in [0.2, 0.25) is 0 Å². The Balaban J connectivity index is 2.19. The smallest absolute Gasteiger partial charge is 0.141 e. The topological polar surface area (TPSA) is 54.3 Å². The molecule has 0 aliphatic carbocycles. The van der Waals surface area contributed by atoms with Gasteiger partial charge in [0.1, 0.15) is 23.7 Å². The second-order valence-corrected chi connectivity index (χ2v) is 3.71. The summed E-state index contributed by atoms with van der Waals surface area (Å²) in [5, 5.41) is 12.2. The molecule has 16 heavy (non-hydrogen) atoms. The third kappa shape index (κ3) is 2.26. The lowest BCUT2D eigenvalue weighted by atomic mass is 10.2. The van der Waals surface area contributed by atoms with Crippen molar-refractivity contribution < 1.29 is 9.47 Å². The highest BCUT2D eigenvalue weighted by Crippen LogP contribution is 2.25. The van der Waals surface area contributed by atoms with Crippen LogP contribution in [0.4, 0.5) is 0 Å². The summed E-state index contributed by atoms with van der Waals surface area (Å²) >= 11 is 0. The minimum absolute atomic E-state index is 0.152. The van der Waals surface area contributed by atoms with E-state index in [0.717, 1.165) is 19.5 Å². The Morgan fingerprint density at radius 2 is 2.38 bits per heavy atom. The average Bonchev–Trinajstić information content (AvgIpc) is 2.82. The second-order valence-electron chi connectivity index (χ2n) is 3.71. The third-order valence-electron chi connectivity index (χ3n) is 2.62. The molecule has 0 saturated carbocycles. The number of methoxy groups -OCH3 is 1. The number of rotatable bonds is 3. The van der Waals surface area contributed by atoms with Crippen LogP contribution in [-0.2, 0) is 0 Å². The van der Waals surface area contributed by atoms with E-state index in [2.05, 4.69) is 11.4 Å². The summed E-state index contributed by atoms with van der Waals surface area (Å²) in [5.41, 5.74) is 0.549. The summed E-state index contributed by atoms with van der Waals surface area (Å²) < 4.78 is 10.9. The van der Waals surface area contributed by atoms with E-state index in [1.165, 1.54) is 0 Å². The monoisotopic (exact) mass is 218 g/mol. The molecule has 1 fully saturated rings. The highest BCUT2D eigenvalue weighted by Gasteiger charge is 2.17. The zero-order valence-electron chi connectivity index (χ0n) is 9.19. The fraction of sp³-hybridized carbons (Fsp3) is 0.417. The Hall–Kier alpha value is -1.73. The van der Waals surface area contributed by atoms with Gasteiger partial charge in [0.25, 0.3) is 0 Å². The van der Waals surface area contributed by atoms with Crippen LogP contribution in [0.3, 0.4) is 0 Å². The first-order valence-electron chi connectivity index (χ1n) is 5.29. The Labute approximate surface area is 94.8 Å². The number of nitrogens with one attached hydrogen (secondary N) is 1. The quantitative estimate of drug-likeness (QED) is 0.831. The van der Waals surface area contributed by atoms with Crippen molar-refractivity contribution in [2.45, 2.75) is 12.5 Å². The van der Waals surface area contributed by atoms with Gasteiger partial charge in [0, 0.05) is 12.6 Å². The summed E-state index contributed by atoms with van der Waals surface area (Å²) in [5.74, 6) is 1.32. The molecular formula is C12H14N2O2. The van der Waals surface area contributed by atoms with Crippen molar-refractivity contribution in [3.63, 3.8) is 0 Å². The van der Waals surface area contributed by atoms with Crippen molar-refractivity contribution in [1.29, 1.82) is 5.26 Å². The Morgan fingerprint density at radius 3 is 3.00 bits per heavy atom. The molecule has 0 aromatic heterocycles. The van der Waals surface area contributed by atoms with E-state index in [9.17, 15) is 0 Å². The maximum Gasteiger partial charge on any atom is 0.141 e. The summed E-state index contributed by atoms with van der Waals surface area (Å²) in [6.45, 7) is 1.80. The Morgan fingerprint density at radius 1 is 1.50 bits per heavy atom. The second kappa shape index (κ2) is 4.86. The highest BCUT2D eigenvalue weighted by molar-refractivity contribution is 5.47. The fourth-order valence-corrected chi connectivity index (χ4v) is 1.73. The normalized spacial score (nSPS) is 19.1. The van der Waals surface area contributed by atoms with Gasteiger partial charge in [-0.2, -0.15) is 5.26 Å². The summed E-state index contributed by atoms with van der Waals surface area (Å²) in [6.07, 6.45) is 1.13. The van der Waals surface area contributed by atoms with E-state index < -0.39 is 0 Å². The van der Waals surface area contributed by atoms with Crippen molar-refractivity contribution in [2.75, 3.05) is 20.2 Å². The lowest BCUT2D eigenvalue weighted by molar-refractivity contribution is 0.221. The molecule has 1 heterocycles. The first kappa shape index (κ1) is 10.8. The molecule has 1 saturated heterocycles. The molecule has 2 rings (SSSR count). The first-order valence-corrected chi connectivity index (χ1v) is 5.29. The van der Waals surface area contributed by atoms with Crippen molar-refractivity contribution in [3.8, 4) is 17.6 Å². The highest BCUT2D eigenvalue weighted by atomic mass is 16.5. The van der Waals surface area contributed by atoms with Crippen molar-refractivity contribution in [3.05, 3.63) is 23.8 Å². The van der Waals surface area contributed by atoms with E-state index in [1.807, 2.05) is 0 Å². The molecule has 1 unspecified atom stereocenters. The van der Waals surface area contributed by atoms with Gasteiger partial charge < -0.3 is 14.8 Å². The standard InChI is InChI=1S/C12H14N2O2/c1-15-10-3-2-9(7-13)12(6-10)16-11-4-5-14-8-11/h2-3,6,11,14H,4-5,8H2,1H3. The summed E-state index contributed by atoms with van der Waals surface area (Å²) in [6, 6.07) is 7.36. The molecule has 4 nitrogen and oxygen atoms in total. The lowest BCUT2D eigenvalue weighted by Gasteiger charge is -2.14. The molecule has 4 heteroatoms. The van der Waals surface area contributed by atoms with E-state index >= 15 is 0 Å². The van der Waals surface area contributed by atoms with Crippen LogP contribution in [0, 0.1) is 11.3 Å². The first-order chi connectivity index (χ1) is 7.83. The van der Waals surface area contributed by atoms with Crippen LogP contribution in [0.25, 0.3) is 0 Å². The minimum Gasteiger partial charge on any atom is -0.497 e. The van der Waals surface area contributed by atoms with E-state index in [0.29, 0.717) is 17.1 Å². The van der Waals surface area contributed by atoms with Crippen molar-refractivity contribution in [1.82, 2.24) is 5.32 Å². The Bertz CT molecular complexity index is 406. The fourth-order valence-electron chi connectivity index (χ4n) is 1.73. The number of hydrogen-bond acceptors (Lipinski definition) is 4. The molecule has 0 bridgehead atoms. The zero-order chi connectivity index (χ0) is 11.4. The Kier molecular flexibility index (Phi) is 3.28. The van der Waals surface area contributed by atoms with Gasteiger partial charge in [-0.05, 0) is 25.1 Å². The van der Waals surface area contributed by atoms with E-state index in [4.69, 9.17) is 14.7 Å². The van der Waals surface area contributed by atoms with Gasteiger partial charge in [-0.3, -0.25) is 0 Å². The molecule has 1 aromatic carbocycles. The van der Waals surface area contributed by atoms with Crippen LogP contribution in [-0.4, -0.2) is 26.3 Å². The predicted molar refractivity (Wildman–Crippen MR) is 59.6 cm³/mol. The van der Waals surface area contributed by atoms with Gasteiger partial charge in [-0.1, -0.05) is 0 Å². The molecule has 1 aromatic rings.